The number of aromatic nitrogens is 3. The zero-order valence-electron chi connectivity index (χ0n) is 23.0. The van der Waals surface area contributed by atoms with E-state index in [2.05, 4.69) is 22.2 Å². The van der Waals surface area contributed by atoms with Crippen LogP contribution in [0.5, 0.6) is 0 Å². The van der Waals surface area contributed by atoms with Crippen molar-refractivity contribution in [3.8, 4) is 0 Å². The Kier molecular flexibility index (Phi) is 13.1. The lowest BCUT2D eigenvalue weighted by molar-refractivity contribution is 0.0870. The topological polar surface area (TPSA) is 106 Å². The van der Waals surface area contributed by atoms with Crippen molar-refractivity contribution in [3.05, 3.63) is 69.9 Å². The van der Waals surface area contributed by atoms with E-state index >= 15 is 0 Å². The number of ether oxygens (including phenoxy) is 2. The SMILES string of the molecule is CCCCCCCCOC(=O)NC(=O)OC(Cc1ccncc1)c1nc(Sc2cc(Cl)cc(Cl)c2)c(C(C)C)[nH]1. The van der Waals surface area contributed by atoms with Gasteiger partial charge < -0.3 is 14.5 Å². The first-order valence-corrected chi connectivity index (χ1v) is 15.1. The summed E-state index contributed by atoms with van der Waals surface area (Å²) in [5, 5.41) is 3.92. The van der Waals surface area contributed by atoms with Crippen LogP contribution in [0, 0.1) is 0 Å². The molecule has 0 aliphatic carbocycles. The highest BCUT2D eigenvalue weighted by Gasteiger charge is 2.25. The molecule has 11 heteroatoms. The summed E-state index contributed by atoms with van der Waals surface area (Å²) in [7, 11) is 0. The summed E-state index contributed by atoms with van der Waals surface area (Å²) in [6, 6.07) is 8.96. The molecule has 1 atom stereocenters. The number of benzene rings is 1. The lowest BCUT2D eigenvalue weighted by atomic mass is 10.1. The van der Waals surface area contributed by atoms with Crippen LogP contribution >= 0.6 is 35.0 Å². The van der Waals surface area contributed by atoms with Crippen LogP contribution in [-0.4, -0.2) is 33.7 Å². The fourth-order valence-corrected chi connectivity index (χ4v) is 5.75. The standard InChI is InChI=1S/C29H36Cl2N4O4S/c1-4-5-6-7-8-9-14-38-28(36)35-29(37)39-24(15-20-10-12-32-13-11-20)26-33-25(19(2)3)27(34-26)40-23-17-21(30)16-22(31)18-23/h10-13,16-19,24H,4-9,14-15H2,1-3H3,(H,33,34)(H,35,36,37). The Labute approximate surface area is 249 Å². The Morgan fingerprint density at radius 2 is 1.68 bits per heavy atom. The molecule has 40 heavy (non-hydrogen) atoms. The van der Waals surface area contributed by atoms with E-state index in [-0.39, 0.29) is 12.5 Å². The van der Waals surface area contributed by atoms with Crippen LogP contribution in [0.25, 0.3) is 0 Å². The number of unbranched alkanes of at least 4 members (excludes halogenated alkanes) is 5. The molecule has 0 bridgehead atoms. The van der Waals surface area contributed by atoms with Gasteiger partial charge in [-0.3, -0.25) is 4.98 Å². The fraction of sp³-hybridized carbons (Fsp3) is 0.448. The number of hydrogen-bond acceptors (Lipinski definition) is 7. The van der Waals surface area contributed by atoms with Gasteiger partial charge in [-0.1, -0.05) is 87.8 Å². The Bertz CT molecular complexity index is 1220. The van der Waals surface area contributed by atoms with Crippen molar-refractivity contribution in [2.24, 2.45) is 0 Å². The first-order chi connectivity index (χ1) is 19.2. The van der Waals surface area contributed by atoms with Gasteiger partial charge in [0, 0.05) is 33.8 Å². The molecular weight excluding hydrogens is 571 g/mol. The van der Waals surface area contributed by atoms with Gasteiger partial charge >= 0.3 is 12.2 Å². The highest BCUT2D eigenvalue weighted by Crippen LogP contribution is 2.36. The van der Waals surface area contributed by atoms with Crippen molar-refractivity contribution < 1.29 is 19.1 Å². The monoisotopic (exact) mass is 606 g/mol. The highest BCUT2D eigenvalue weighted by molar-refractivity contribution is 7.99. The van der Waals surface area contributed by atoms with Gasteiger partial charge in [-0.15, -0.1) is 0 Å². The number of nitrogens with zero attached hydrogens (tertiary/aromatic N) is 2. The molecule has 1 aromatic carbocycles. The molecule has 2 N–H and O–H groups in total. The number of imide groups is 1. The average Bonchev–Trinajstić information content (AvgIpc) is 3.32. The van der Waals surface area contributed by atoms with E-state index in [0.717, 1.165) is 35.4 Å². The molecule has 2 amide bonds. The molecule has 8 nitrogen and oxygen atoms in total. The Morgan fingerprint density at radius 3 is 2.35 bits per heavy atom. The maximum absolute atomic E-state index is 12.7. The van der Waals surface area contributed by atoms with Gasteiger partial charge in [0.2, 0.25) is 0 Å². The van der Waals surface area contributed by atoms with Crippen LogP contribution in [0.4, 0.5) is 9.59 Å². The third-order valence-corrected chi connectivity index (χ3v) is 7.42. The number of H-pyrrole nitrogens is 1. The van der Waals surface area contributed by atoms with Crippen LogP contribution in [0.2, 0.25) is 10.0 Å². The van der Waals surface area contributed by atoms with E-state index in [9.17, 15) is 9.59 Å². The van der Waals surface area contributed by atoms with Gasteiger partial charge in [-0.25, -0.2) is 19.9 Å². The molecule has 0 aliphatic rings. The number of hydrogen-bond donors (Lipinski definition) is 2. The second kappa shape index (κ2) is 16.5. The third kappa shape index (κ3) is 10.7. The zero-order valence-corrected chi connectivity index (χ0v) is 25.4. The number of amides is 2. The number of alkyl carbamates (subject to hydrolysis) is 2. The average molecular weight is 608 g/mol. The summed E-state index contributed by atoms with van der Waals surface area (Å²) in [6.45, 7) is 6.49. The van der Waals surface area contributed by atoms with Crippen molar-refractivity contribution in [2.75, 3.05) is 6.61 Å². The first kappa shape index (κ1) is 31.8. The lowest BCUT2D eigenvalue weighted by Gasteiger charge is -2.16. The number of imidazole rings is 1. The van der Waals surface area contributed by atoms with Crippen LogP contribution in [0.1, 0.15) is 88.4 Å². The lowest BCUT2D eigenvalue weighted by Crippen LogP contribution is -2.33. The molecule has 2 aromatic heterocycles. The molecular formula is C29H36Cl2N4O4S. The number of rotatable bonds is 14. The molecule has 216 valence electrons. The number of halogens is 2. The van der Waals surface area contributed by atoms with Crippen molar-refractivity contribution >= 4 is 47.2 Å². The number of nitrogens with one attached hydrogen (secondary N) is 2. The van der Waals surface area contributed by atoms with E-state index in [4.69, 9.17) is 37.7 Å². The molecule has 0 aliphatic heterocycles. The quantitative estimate of drug-likeness (QED) is 0.176. The normalized spacial score (nSPS) is 11.8. The predicted molar refractivity (Wildman–Crippen MR) is 158 cm³/mol. The van der Waals surface area contributed by atoms with Crippen molar-refractivity contribution in [1.82, 2.24) is 20.3 Å². The summed E-state index contributed by atoms with van der Waals surface area (Å²) in [4.78, 5) is 37.9. The van der Waals surface area contributed by atoms with Crippen molar-refractivity contribution in [3.63, 3.8) is 0 Å². The minimum Gasteiger partial charge on any atom is -0.449 e. The maximum atomic E-state index is 12.7. The first-order valence-electron chi connectivity index (χ1n) is 13.5. The van der Waals surface area contributed by atoms with E-state index in [1.54, 1.807) is 18.5 Å². The minimum absolute atomic E-state index is 0.103. The summed E-state index contributed by atoms with van der Waals surface area (Å²) < 4.78 is 10.9. The molecule has 0 spiro atoms. The fourth-order valence-electron chi connectivity index (χ4n) is 3.96. The van der Waals surface area contributed by atoms with E-state index in [1.165, 1.54) is 31.0 Å². The number of aromatic amines is 1. The van der Waals surface area contributed by atoms with Gasteiger partial charge in [0.15, 0.2) is 6.10 Å². The Hall–Kier alpha value is -2.75. The molecule has 0 saturated carbocycles. The second-order valence-corrected chi connectivity index (χ2v) is 11.6. The van der Waals surface area contributed by atoms with E-state index < -0.39 is 18.3 Å². The van der Waals surface area contributed by atoms with Crippen LogP contribution in [0.15, 0.2) is 52.6 Å². The number of carbonyl (C=O) groups excluding carboxylic acids is 2. The van der Waals surface area contributed by atoms with Gasteiger partial charge in [0.1, 0.15) is 10.9 Å². The summed E-state index contributed by atoms with van der Waals surface area (Å²) >= 11 is 13.8. The van der Waals surface area contributed by atoms with Gasteiger partial charge in [0.05, 0.1) is 12.3 Å². The number of carbonyl (C=O) groups is 2. The van der Waals surface area contributed by atoms with Crippen LogP contribution in [-0.2, 0) is 15.9 Å². The molecule has 0 saturated heterocycles. The Morgan fingerprint density at radius 1 is 1.00 bits per heavy atom. The van der Waals surface area contributed by atoms with Gasteiger partial charge in [0.25, 0.3) is 0 Å². The second-order valence-electron chi connectivity index (χ2n) is 9.69. The molecule has 1 unspecified atom stereocenters. The molecule has 3 rings (SSSR count). The van der Waals surface area contributed by atoms with Gasteiger partial charge in [-0.05, 0) is 48.2 Å². The van der Waals surface area contributed by atoms with Gasteiger partial charge in [-0.2, -0.15) is 0 Å². The molecule has 0 fully saturated rings. The van der Waals surface area contributed by atoms with Crippen LogP contribution < -0.4 is 5.32 Å². The van der Waals surface area contributed by atoms with Crippen LogP contribution in [0.3, 0.4) is 0 Å². The highest BCUT2D eigenvalue weighted by atomic mass is 35.5. The maximum Gasteiger partial charge on any atom is 0.417 e. The minimum atomic E-state index is -0.912. The largest absolute Gasteiger partial charge is 0.449 e. The third-order valence-electron chi connectivity index (χ3n) is 6.00. The molecule has 3 aromatic rings. The summed E-state index contributed by atoms with van der Waals surface area (Å²) in [5.41, 5.74) is 1.76. The smallest absolute Gasteiger partial charge is 0.417 e. The zero-order chi connectivity index (χ0) is 28.9. The van der Waals surface area contributed by atoms with E-state index in [0.29, 0.717) is 27.3 Å². The number of pyridine rings is 1. The van der Waals surface area contributed by atoms with Crippen molar-refractivity contribution in [1.29, 1.82) is 0 Å². The van der Waals surface area contributed by atoms with E-state index in [1.807, 2.05) is 38.1 Å². The molecule has 0 radical (unpaired) electrons. The predicted octanol–water partition coefficient (Wildman–Crippen LogP) is 8.89. The summed E-state index contributed by atoms with van der Waals surface area (Å²) in [6.07, 6.45) is 7.48. The summed E-state index contributed by atoms with van der Waals surface area (Å²) in [5.74, 6) is 0.553. The Balaban J connectivity index is 1.71. The van der Waals surface area contributed by atoms with Crippen molar-refractivity contribution in [2.45, 2.75) is 87.7 Å². The molecule has 2 heterocycles.